The molecular formula is C12H22N2O3S. The molecule has 1 N–H and O–H groups in total. The lowest BCUT2D eigenvalue weighted by Crippen LogP contribution is -2.37. The van der Waals surface area contributed by atoms with Crippen LogP contribution in [0.4, 0.5) is 0 Å². The number of nitrogens with zero attached hydrogens (tertiary/aromatic N) is 1. The van der Waals surface area contributed by atoms with Crippen LogP contribution in [0.2, 0.25) is 0 Å². The van der Waals surface area contributed by atoms with Crippen molar-refractivity contribution in [2.45, 2.75) is 33.4 Å². The van der Waals surface area contributed by atoms with Gasteiger partial charge in [0.15, 0.2) is 0 Å². The van der Waals surface area contributed by atoms with Gasteiger partial charge in [-0.1, -0.05) is 20.8 Å². The first kappa shape index (κ1) is 15.2. The Morgan fingerprint density at radius 1 is 1.44 bits per heavy atom. The van der Waals surface area contributed by atoms with E-state index in [2.05, 4.69) is 5.32 Å². The van der Waals surface area contributed by atoms with Crippen molar-refractivity contribution in [3.05, 3.63) is 24.2 Å². The third-order valence-electron chi connectivity index (χ3n) is 2.57. The van der Waals surface area contributed by atoms with Crippen LogP contribution in [0.1, 0.15) is 26.5 Å². The first-order valence-corrected chi connectivity index (χ1v) is 7.80. The molecule has 0 atom stereocenters. The number of rotatable bonds is 8. The number of sulfonamides is 1. The Morgan fingerprint density at radius 3 is 2.67 bits per heavy atom. The second-order valence-corrected chi connectivity index (χ2v) is 6.52. The fourth-order valence-corrected chi connectivity index (χ4v) is 2.94. The van der Waals surface area contributed by atoms with Crippen molar-refractivity contribution < 1.29 is 12.8 Å². The molecule has 5 nitrogen and oxygen atoms in total. The summed E-state index contributed by atoms with van der Waals surface area (Å²) in [5.41, 5.74) is 0. The Morgan fingerprint density at radius 2 is 2.17 bits per heavy atom. The molecule has 0 aliphatic heterocycles. The predicted molar refractivity (Wildman–Crippen MR) is 71.7 cm³/mol. The molecule has 6 heteroatoms. The van der Waals surface area contributed by atoms with E-state index in [9.17, 15) is 8.42 Å². The Balaban J connectivity index is 2.57. The van der Waals surface area contributed by atoms with Crippen LogP contribution in [0, 0.1) is 0 Å². The monoisotopic (exact) mass is 274 g/mol. The van der Waals surface area contributed by atoms with Crippen LogP contribution in [0.15, 0.2) is 22.8 Å². The average molecular weight is 274 g/mol. The highest BCUT2D eigenvalue weighted by atomic mass is 32.2. The zero-order valence-electron chi connectivity index (χ0n) is 11.2. The van der Waals surface area contributed by atoms with E-state index in [0.29, 0.717) is 31.4 Å². The number of nitrogens with one attached hydrogen (secondary N) is 1. The van der Waals surface area contributed by atoms with E-state index in [4.69, 9.17) is 4.42 Å². The summed E-state index contributed by atoms with van der Waals surface area (Å²) in [6, 6.07) is 3.83. The van der Waals surface area contributed by atoms with Gasteiger partial charge in [0.05, 0.1) is 18.6 Å². The van der Waals surface area contributed by atoms with Crippen LogP contribution in [0.25, 0.3) is 0 Å². The van der Waals surface area contributed by atoms with Crippen LogP contribution >= 0.6 is 0 Å². The van der Waals surface area contributed by atoms with E-state index < -0.39 is 10.0 Å². The smallest absolute Gasteiger partial charge is 0.215 e. The van der Waals surface area contributed by atoms with Crippen molar-refractivity contribution in [1.29, 1.82) is 0 Å². The van der Waals surface area contributed by atoms with Crippen molar-refractivity contribution >= 4 is 10.0 Å². The van der Waals surface area contributed by atoms with E-state index in [1.165, 1.54) is 4.31 Å². The molecule has 0 amide bonds. The Hall–Kier alpha value is -0.850. The van der Waals surface area contributed by atoms with Gasteiger partial charge in [-0.25, -0.2) is 8.42 Å². The highest BCUT2D eigenvalue weighted by Crippen LogP contribution is 2.09. The number of hydrogen-bond acceptors (Lipinski definition) is 4. The van der Waals surface area contributed by atoms with Gasteiger partial charge < -0.3 is 9.73 Å². The molecule has 18 heavy (non-hydrogen) atoms. The molecule has 1 rings (SSSR count). The molecule has 1 heterocycles. The maximum absolute atomic E-state index is 12.1. The minimum Gasteiger partial charge on any atom is -0.468 e. The maximum Gasteiger partial charge on any atom is 0.215 e. The lowest BCUT2D eigenvalue weighted by molar-refractivity contribution is 0.375. The quantitative estimate of drug-likeness (QED) is 0.779. The SMILES string of the molecule is CCN(Cc1ccco1)S(=O)(=O)CCNC(C)C. The summed E-state index contributed by atoms with van der Waals surface area (Å²) in [6.07, 6.45) is 1.55. The lowest BCUT2D eigenvalue weighted by atomic mass is 10.4. The van der Waals surface area contributed by atoms with E-state index in [0.717, 1.165) is 0 Å². The molecule has 0 aliphatic rings. The summed E-state index contributed by atoms with van der Waals surface area (Å²) in [6.45, 7) is 7.03. The highest BCUT2D eigenvalue weighted by molar-refractivity contribution is 7.89. The molecule has 0 aromatic carbocycles. The fraction of sp³-hybridized carbons (Fsp3) is 0.667. The van der Waals surface area contributed by atoms with Gasteiger partial charge in [0, 0.05) is 19.1 Å². The topological polar surface area (TPSA) is 62.6 Å². The number of hydrogen-bond donors (Lipinski definition) is 1. The molecular weight excluding hydrogens is 252 g/mol. The fourth-order valence-electron chi connectivity index (χ4n) is 1.59. The number of furan rings is 1. The second kappa shape index (κ2) is 6.92. The van der Waals surface area contributed by atoms with Gasteiger partial charge in [0.25, 0.3) is 0 Å². The van der Waals surface area contributed by atoms with Gasteiger partial charge in [0.1, 0.15) is 5.76 Å². The Labute approximate surface area is 109 Å². The van der Waals surface area contributed by atoms with Gasteiger partial charge in [0.2, 0.25) is 10.0 Å². The second-order valence-electron chi connectivity index (χ2n) is 4.43. The molecule has 1 aromatic rings. The van der Waals surface area contributed by atoms with Crippen molar-refractivity contribution in [3.8, 4) is 0 Å². The van der Waals surface area contributed by atoms with Gasteiger partial charge in [-0.3, -0.25) is 0 Å². The molecule has 0 saturated heterocycles. The predicted octanol–water partition coefficient (Wildman–Crippen LogP) is 1.43. The standard InChI is InChI=1S/C12H22N2O3S/c1-4-14(10-12-6-5-8-17-12)18(15,16)9-7-13-11(2)3/h5-6,8,11,13H,4,7,9-10H2,1-3H3. The molecule has 0 fully saturated rings. The molecule has 0 saturated carbocycles. The minimum absolute atomic E-state index is 0.111. The Bertz CT molecular complexity index is 426. The van der Waals surface area contributed by atoms with Crippen LogP contribution in [0.3, 0.4) is 0 Å². The third kappa shape index (κ3) is 4.80. The Kier molecular flexibility index (Phi) is 5.84. The summed E-state index contributed by atoms with van der Waals surface area (Å²) in [4.78, 5) is 0. The van der Waals surface area contributed by atoms with Crippen LogP contribution < -0.4 is 5.32 Å². The maximum atomic E-state index is 12.1. The van der Waals surface area contributed by atoms with E-state index in [-0.39, 0.29) is 5.75 Å². The van der Waals surface area contributed by atoms with Crippen molar-refractivity contribution in [1.82, 2.24) is 9.62 Å². The first-order valence-electron chi connectivity index (χ1n) is 6.19. The largest absolute Gasteiger partial charge is 0.468 e. The van der Waals surface area contributed by atoms with E-state index in [1.807, 2.05) is 20.8 Å². The minimum atomic E-state index is -3.23. The molecule has 0 aliphatic carbocycles. The van der Waals surface area contributed by atoms with Gasteiger partial charge in [-0.05, 0) is 12.1 Å². The molecule has 0 unspecified atom stereocenters. The zero-order chi connectivity index (χ0) is 13.6. The van der Waals surface area contributed by atoms with Crippen molar-refractivity contribution in [2.75, 3.05) is 18.8 Å². The molecule has 0 radical (unpaired) electrons. The van der Waals surface area contributed by atoms with E-state index >= 15 is 0 Å². The summed E-state index contributed by atoms with van der Waals surface area (Å²) in [5.74, 6) is 0.775. The van der Waals surface area contributed by atoms with Crippen LogP contribution in [-0.2, 0) is 16.6 Å². The van der Waals surface area contributed by atoms with Crippen molar-refractivity contribution in [3.63, 3.8) is 0 Å². The normalized spacial score (nSPS) is 12.5. The summed E-state index contributed by atoms with van der Waals surface area (Å²) in [7, 11) is -3.23. The molecule has 104 valence electrons. The van der Waals surface area contributed by atoms with Gasteiger partial charge >= 0.3 is 0 Å². The summed E-state index contributed by atoms with van der Waals surface area (Å²) >= 11 is 0. The van der Waals surface area contributed by atoms with Gasteiger partial charge in [-0.15, -0.1) is 0 Å². The third-order valence-corrected chi connectivity index (χ3v) is 4.47. The zero-order valence-corrected chi connectivity index (χ0v) is 12.0. The highest BCUT2D eigenvalue weighted by Gasteiger charge is 2.21. The van der Waals surface area contributed by atoms with Crippen LogP contribution in [-0.4, -0.2) is 37.6 Å². The summed E-state index contributed by atoms with van der Waals surface area (Å²) in [5, 5.41) is 3.11. The molecule has 0 bridgehead atoms. The molecule has 1 aromatic heterocycles. The van der Waals surface area contributed by atoms with Crippen molar-refractivity contribution in [2.24, 2.45) is 0 Å². The van der Waals surface area contributed by atoms with Crippen LogP contribution in [0.5, 0.6) is 0 Å². The molecule has 0 spiro atoms. The van der Waals surface area contributed by atoms with Gasteiger partial charge in [-0.2, -0.15) is 4.31 Å². The van der Waals surface area contributed by atoms with E-state index in [1.54, 1.807) is 18.4 Å². The lowest BCUT2D eigenvalue weighted by Gasteiger charge is -2.19. The first-order chi connectivity index (χ1) is 8.45. The average Bonchev–Trinajstić information content (AvgIpc) is 2.77. The summed E-state index contributed by atoms with van der Waals surface area (Å²) < 4.78 is 30.8.